The number of carbonyl (C=O) groups excluding carboxylic acids is 1. The van der Waals surface area contributed by atoms with Crippen molar-refractivity contribution < 1.29 is 17.6 Å². The summed E-state index contributed by atoms with van der Waals surface area (Å²) < 4.78 is 30.5. The first kappa shape index (κ1) is 20.9. The third kappa shape index (κ3) is 5.81. The Labute approximate surface area is 173 Å². The minimum atomic E-state index is -3.34. The molecule has 2 N–H and O–H groups in total. The van der Waals surface area contributed by atoms with Gasteiger partial charge in [0.05, 0.1) is 12.0 Å². The largest absolute Gasteiger partial charge is 0.411 e. The number of hydrogen-bond acceptors (Lipinski definition) is 7. The van der Waals surface area contributed by atoms with E-state index in [0.29, 0.717) is 11.3 Å². The maximum absolute atomic E-state index is 12.2. The number of para-hydroxylation sites is 1. The van der Waals surface area contributed by atoms with E-state index in [1.807, 2.05) is 32.0 Å². The monoisotopic (exact) mass is 432 g/mol. The first-order chi connectivity index (χ1) is 13.7. The van der Waals surface area contributed by atoms with Gasteiger partial charge in [0.2, 0.25) is 21.8 Å². The molecule has 0 radical (unpaired) electrons. The lowest BCUT2D eigenvalue weighted by molar-refractivity contribution is -0.113. The standard InChI is InChI=1S/C19H20N4O4S2/c1-12-5-4-6-13(2)17(12)20-16(24)11-28-19-22-21-18(27-19)14-7-9-15(10-8-14)23-29(3,25)26/h4-10,23H,11H2,1-3H3,(H,20,24). The van der Waals surface area contributed by atoms with Gasteiger partial charge in [-0.2, -0.15) is 0 Å². The van der Waals surface area contributed by atoms with Crippen molar-refractivity contribution in [1.29, 1.82) is 0 Å². The van der Waals surface area contributed by atoms with Gasteiger partial charge >= 0.3 is 0 Å². The molecule has 1 heterocycles. The highest BCUT2D eigenvalue weighted by Gasteiger charge is 2.13. The number of thioether (sulfide) groups is 1. The molecule has 0 aliphatic carbocycles. The molecule has 0 saturated carbocycles. The second-order valence-corrected chi connectivity index (χ2v) is 9.10. The highest BCUT2D eigenvalue weighted by Crippen LogP contribution is 2.25. The predicted molar refractivity (Wildman–Crippen MR) is 113 cm³/mol. The Morgan fingerprint density at radius 1 is 1.07 bits per heavy atom. The van der Waals surface area contributed by atoms with Crippen LogP contribution >= 0.6 is 11.8 Å². The van der Waals surface area contributed by atoms with E-state index in [4.69, 9.17) is 4.42 Å². The van der Waals surface area contributed by atoms with Crippen molar-refractivity contribution in [3.8, 4) is 11.5 Å². The van der Waals surface area contributed by atoms with Crippen molar-refractivity contribution in [2.75, 3.05) is 22.0 Å². The van der Waals surface area contributed by atoms with Gasteiger partial charge < -0.3 is 9.73 Å². The maximum Gasteiger partial charge on any atom is 0.277 e. The molecule has 8 nitrogen and oxygen atoms in total. The van der Waals surface area contributed by atoms with Crippen LogP contribution in [0.3, 0.4) is 0 Å². The topological polar surface area (TPSA) is 114 Å². The number of hydrogen-bond donors (Lipinski definition) is 2. The van der Waals surface area contributed by atoms with Crippen molar-refractivity contribution in [3.05, 3.63) is 53.6 Å². The Balaban J connectivity index is 1.60. The van der Waals surface area contributed by atoms with Gasteiger partial charge in [0.25, 0.3) is 5.22 Å². The molecule has 29 heavy (non-hydrogen) atoms. The maximum atomic E-state index is 12.2. The summed E-state index contributed by atoms with van der Waals surface area (Å²) in [5.74, 6) is 0.254. The summed E-state index contributed by atoms with van der Waals surface area (Å²) in [4.78, 5) is 12.2. The van der Waals surface area contributed by atoms with Crippen LogP contribution in [0.25, 0.3) is 11.5 Å². The lowest BCUT2D eigenvalue weighted by atomic mass is 10.1. The molecule has 0 spiro atoms. The molecule has 152 valence electrons. The van der Waals surface area contributed by atoms with Gasteiger partial charge in [-0.05, 0) is 49.2 Å². The zero-order chi connectivity index (χ0) is 21.0. The van der Waals surface area contributed by atoms with Crippen LogP contribution in [-0.4, -0.2) is 36.5 Å². The van der Waals surface area contributed by atoms with E-state index < -0.39 is 10.0 Å². The number of sulfonamides is 1. The number of nitrogens with zero attached hydrogens (tertiary/aromatic N) is 2. The van der Waals surface area contributed by atoms with E-state index in [1.54, 1.807) is 24.3 Å². The molecule has 3 rings (SSSR count). The lowest BCUT2D eigenvalue weighted by Gasteiger charge is -2.10. The minimum absolute atomic E-state index is 0.132. The van der Waals surface area contributed by atoms with Crippen LogP contribution in [0.1, 0.15) is 11.1 Å². The van der Waals surface area contributed by atoms with Crippen molar-refractivity contribution >= 4 is 39.1 Å². The fraction of sp³-hybridized carbons (Fsp3) is 0.211. The first-order valence-electron chi connectivity index (χ1n) is 8.62. The van der Waals surface area contributed by atoms with E-state index in [2.05, 4.69) is 20.2 Å². The summed E-state index contributed by atoms with van der Waals surface area (Å²) in [6, 6.07) is 12.4. The smallest absolute Gasteiger partial charge is 0.277 e. The Kier molecular flexibility index (Phi) is 6.23. The number of aromatic nitrogens is 2. The third-order valence-corrected chi connectivity index (χ3v) is 5.34. The Hall–Kier alpha value is -2.85. The molecular weight excluding hydrogens is 412 g/mol. The van der Waals surface area contributed by atoms with Crippen LogP contribution < -0.4 is 10.0 Å². The molecule has 0 aliphatic rings. The third-order valence-electron chi connectivity index (χ3n) is 3.91. The molecule has 3 aromatic rings. The summed E-state index contributed by atoms with van der Waals surface area (Å²) in [5, 5.41) is 11.1. The Bertz CT molecular complexity index is 1110. The number of rotatable bonds is 7. The van der Waals surface area contributed by atoms with Gasteiger partial charge in [-0.1, -0.05) is 30.0 Å². The number of anilines is 2. The number of amides is 1. The molecular formula is C19H20N4O4S2. The summed E-state index contributed by atoms with van der Waals surface area (Å²) in [7, 11) is -3.34. The quantitative estimate of drug-likeness (QED) is 0.550. The zero-order valence-corrected chi connectivity index (χ0v) is 17.7. The normalized spacial score (nSPS) is 11.3. The van der Waals surface area contributed by atoms with E-state index in [1.165, 1.54) is 0 Å². The molecule has 2 aromatic carbocycles. The van der Waals surface area contributed by atoms with Crippen molar-refractivity contribution in [2.45, 2.75) is 19.1 Å². The summed E-state index contributed by atoms with van der Waals surface area (Å²) in [6.45, 7) is 3.88. The van der Waals surface area contributed by atoms with Gasteiger partial charge in [0.15, 0.2) is 0 Å². The fourth-order valence-electron chi connectivity index (χ4n) is 2.59. The number of carbonyl (C=O) groups is 1. The predicted octanol–water partition coefficient (Wildman–Crippen LogP) is 3.46. The minimum Gasteiger partial charge on any atom is -0.411 e. The van der Waals surface area contributed by atoms with Gasteiger partial charge in [0.1, 0.15) is 0 Å². The average molecular weight is 433 g/mol. The first-order valence-corrected chi connectivity index (χ1v) is 11.5. The number of aryl methyl sites for hydroxylation is 2. The Morgan fingerprint density at radius 3 is 2.34 bits per heavy atom. The highest BCUT2D eigenvalue weighted by molar-refractivity contribution is 7.99. The highest BCUT2D eigenvalue weighted by atomic mass is 32.2. The lowest BCUT2D eigenvalue weighted by Crippen LogP contribution is -2.15. The van der Waals surface area contributed by atoms with E-state index in [0.717, 1.165) is 34.8 Å². The summed E-state index contributed by atoms with van der Waals surface area (Å²) in [6.07, 6.45) is 1.08. The van der Waals surface area contributed by atoms with E-state index in [-0.39, 0.29) is 22.8 Å². The van der Waals surface area contributed by atoms with Crippen molar-refractivity contribution in [2.24, 2.45) is 0 Å². The Morgan fingerprint density at radius 2 is 1.72 bits per heavy atom. The SMILES string of the molecule is Cc1cccc(C)c1NC(=O)CSc1nnc(-c2ccc(NS(C)(=O)=O)cc2)o1. The molecule has 0 atom stereocenters. The second-order valence-electron chi connectivity index (χ2n) is 6.43. The molecule has 0 unspecified atom stereocenters. The molecule has 0 fully saturated rings. The summed E-state index contributed by atoms with van der Waals surface area (Å²) >= 11 is 1.14. The van der Waals surface area contributed by atoms with Gasteiger partial charge in [0, 0.05) is 16.9 Å². The molecule has 1 aromatic heterocycles. The van der Waals surface area contributed by atoms with E-state index in [9.17, 15) is 13.2 Å². The molecule has 0 saturated heterocycles. The summed E-state index contributed by atoms with van der Waals surface area (Å²) in [5.41, 5.74) is 3.89. The van der Waals surface area contributed by atoms with Gasteiger partial charge in [-0.15, -0.1) is 10.2 Å². The fourth-order valence-corrected chi connectivity index (χ4v) is 3.72. The number of nitrogens with one attached hydrogen (secondary N) is 2. The van der Waals surface area contributed by atoms with Crippen LogP contribution in [0, 0.1) is 13.8 Å². The van der Waals surface area contributed by atoms with Crippen LogP contribution in [0.5, 0.6) is 0 Å². The van der Waals surface area contributed by atoms with Crippen LogP contribution in [-0.2, 0) is 14.8 Å². The molecule has 1 amide bonds. The van der Waals surface area contributed by atoms with Gasteiger partial charge in [-0.3, -0.25) is 9.52 Å². The van der Waals surface area contributed by atoms with Crippen molar-refractivity contribution in [1.82, 2.24) is 10.2 Å². The van der Waals surface area contributed by atoms with Crippen LogP contribution in [0.4, 0.5) is 11.4 Å². The number of benzene rings is 2. The zero-order valence-electron chi connectivity index (χ0n) is 16.1. The van der Waals surface area contributed by atoms with E-state index >= 15 is 0 Å². The van der Waals surface area contributed by atoms with Crippen molar-refractivity contribution in [3.63, 3.8) is 0 Å². The molecule has 10 heteroatoms. The second kappa shape index (κ2) is 8.66. The molecule has 0 bridgehead atoms. The molecule has 0 aliphatic heterocycles. The van der Waals surface area contributed by atoms with Gasteiger partial charge in [-0.25, -0.2) is 8.42 Å². The average Bonchev–Trinajstić information content (AvgIpc) is 3.11. The van der Waals surface area contributed by atoms with Crippen LogP contribution in [0.15, 0.2) is 52.1 Å². The van der Waals surface area contributed by atoms with Crippen LogP contribution in [0.2, 0.25) is 0 Å².